The van der Waals surface area contributed by atoms with Crippen LogP contribution in [-0.2, 0) is 4.74 Å². The van der Waals surface area contributed by atoms with Gasteiger partial charge in [-0.2, -0.15) is 0 Å². The molecule has 1 saturated heterocycles. The number of hydrogen-bond donors (Lipinski definition) is 2. The van der Waals surface area contributed by atoms with E-state index in [9.17, 15) is 5.11 Å². The Labute approximate surface area is 73.3 Å². The van der Waals surface area contributed by atoms with Crippen LogP contribution in [0, 0.1) is 0 Å². The van der Waals surface area contributed by atoms with Gasteiger partial charge in [0, 0.05) is 12.6 Å². The highest BCUT2D eigenvalue weighted by Gasteiger charge is 2.36. The SMILES string of the molecule is CC1(C)OCC[C@@H](N)[C@@H]1O.Cl. The molecule has 1 aliphatic heterocycles. The maximum Gasteiger partial charge on any atom is 0.0975 e. The zero-order chi connectivity index (χ0) is 7.78. The molecule has 0 unspecified atom stereocenters. The molecule has 3 N–H and O–H groups in total. The van der Waals surface area contributed by atoms with E-state index in [4.69, 9.17) is 10.5 Å². The highest BCUT2D eigenvalue weighted by Crippen LogP contribution is 2.23. The van der Waals surface area contributed by atoms with Crippen molar-refractivity contribution >= 4 is 12.4 Å². The average Bonchev–Trinajstić information content (AvgIpc) is 1.83. The minimum atomic E-state index is -0.527. The van der Waals surface area contributed by atoms with E-state index in [0.717, 1.165) is 6.42 Å². The lowest BCUT2D eigenvalue weighted by atomic mass is 9.91. The fourth-order valence-corrected chi connectivity index (χ4v) is 1.22. The summed E-state index contributed by atoms with van der Waals surface area (Å²) in [5.74, 6) is 0. The summed E-state index contributed by atoms with van der Waals surface area (Å²) < 4.78 is 5.32. The predicted octanol–water partition coefficient (Wildman–Crippen LogP) is 0.295. The Morgan fingerprint density at radius 1 is 1.55 bits per heavy atom. The molecule has 0 aromatic carbocycles. The first kappa shape index (κ1) is 11.2. The summed E-state index contributed by atoms with van der Waals surface area (Å²) in [4.78, 5) is 0. The van der Waals surface area contributed by atoms with Crippen molar-refractivity contribution in [2.45, 2.75) is 38.0 Å². The quantitative estimate of drug-likeness (QED) is 0.565. The largest absolute Gasteiger partial charge is 0.389 e. The molecule has 1 fully saturated rings. The van der Waals surface area contributed by atoms with Gasteiger partial charge in [0.15, 0.2) is 0 Å². The summed E-state index contributed by atoms with van der Waals surface area (Å²) in [7, 11) is 0. The van der Waals surface area contributed by atoms with Gasteiger partial charge in [0.05, 0.1) is 11.7 Å². The van der Waals surface area contributed by atoms with Crippen LogP contribution in [-0.4, -0.2) is 29.5 Å². The molecule has 0 aliphatic carbocycles. The number of rotatable bonds is 0. The van der Waals surface area contributed by atoms with Gasteiger partial charge in [-0.05, 0) is 20.3 Å². The maximum absolute atomic E-state index is 9.46. The van der Waals surface area contributed by atoms with E-state index in [2.05, 4.69) is 0 Å². The van der Waals surface area contributed by atoms with Gasteiger partial charge in [-0.25, -0.2) is 0 Å². The van der Waals surface area contributed by atoms with Crippen LogP contribution < -0.4 is 5.73 Å². The van der Waals surface area contributed by atoms with Crippen molar-refractivity contribution < 1.29 is 9.84 Å². The van der Waals surface area contributed by atoms with Crippen molar-refractivity contribution in [3.05, 3.63) is 0 Å². The molecule has 11 heavy (non-hydrogen) atoms. The third-order valence-corrected chi connectivity index (χ3v) is 2.04. The number of hydrogen-bond acceptors (Lipinski definition) is 3. The summed E-state index contributed by atoms with van der Waals surface area (Å²) in [6.45, 7) is 4.37. The van der Waals surface area contributed by atoms with Crippen molar-refractivity contribution in [1.29, 1.82) is 0 Å². The Balaban J connectivity index is 0.000001000. The Kier molecular flexibility index (Phi) is 3.77. The van der Waals surface area contributed by atoms with E-state index in [1.165, 1.54) is 0 Å². The standard InChI is InChI=1S/C7H15NO2.ClH/c1-7(2)6(9)5(8)3-4-10-7;/h5-6,9H,3-4,8H2,1-2H3;1H/t5-,6+;/m1./s1. The molecule has 0 saturated carbocycles. The Hall–Kier alpha value is 0.170. The van der Waals surface area contributed by atoms with Crippen LogP contribution in [0.2, 0.25) is 0 Å². The summed E-state index contributed by atoms with van der Waals surface area (Å²) in [5, 5.41) is 9.46. The molecule has 0 aromatic rings. The van der Waals surface area contributed by atoms with E-state index >= 15 is 0 Å². The highest BCUT2D eigenvalue weighted by atomic mass is 35.5. The van der Waals surface area contributed by atoms with Crippen LogP contribution in [0.3, 0.4) is 0 Å². The first-order valence-electron chi connectivity index (χ1n) is 3.61. The maximum atomic E-state index is 9.46. The zero-order valence-corrected chi connectivity index (χ0v) is 7.73. The minimum Gasteiger partial charge on any atom is -0.389 e. The van der Waals surface area contributed by atoms with Gasteiger partial charge in [-0.15, -0.1) is 12.4 Å². The van der Waals surface area contributed by atoms with E-state index in [1.54, 1.807) is 0 Å². The Morgan fingerprint density at radius 3 is 2.45 bits per heavy atom. The van der Waals surface area contributed by atoms with Gasteiger partial charge in [0.25, 0.3) is 0 Å². The molecule has 2 atom stereocenters. The fourth-order valence-electron chi connectivity index (χ4n) is 1.22. The summed E-state index contributed by atoms with van der Waals surface area (Å²) in [6, 6.07) is -0.122. The third-order valence-electron chi connectivity index (χ3n) is 2.04. The normalized spacial score (nSPS) is 36.0. The molecule has 68 valence electrons. The van der Waals surface area contributed by atoms with Crippen molar-refractivity contribution in [3.63, 3.8) is 0 Å². The van der Waals surface area contributed by atoms with Crippen LogP contribution in [0.15, 0.2) is 0 Å². The van der Waals surface area contributed by atoms with Crippen molar-refractivity contribution in [3.8, 4) is 0 Å². The van der Waals surface area contributed by atoms with E-state index < -0.39 is 11.7 Å². The smallest absolute Gasteiger partial charge is 0.0975 e. The second kappa shape index (κ2) is 3.72. The summed E-state index contributed by atoms with van der Waals surface area (Å²) in [6.07, 6.45) is 0.228. The molecule has 0 aromatic heterocycles. The molecular formula is C7H16ClNO2. The first-order chi connectivity index (χ1) is 4.54. The number of ether oxygens (including phenoxy) is 1. The van der Waals surface area contributed by atoms with E-state index in [0.29, 0.717) is 6.61 Å². The molecule has 0 bridgehead atoms. The second-order valence-electron chi connectivity index (χ2n) is 3.35. The summed E-state index contributed by atoms with van der Waals surface area (Å²) in [5.41, 5.74) is 5.16. The van der Waals surface area contributed by atoms with Gasteiger partial charge < -0.3 is 15.6 Å². The van der Waals surface area contributed by atoms with E-state index in [-0.39, 0.29) is 18.4 Å². The number of nitrogens with two attached hydrogens (primary N) is 1. The zero-order valence-electron chi connectivity index (χ0n) is 6.91. The lowest BCUT2D eigenvalue weighted by molar-refractivity contribution is -0.140. The van der Waals surface area contributed by atoms with Crippen molar-refractivity contribution in [1.82, 2.24) is 0 Å². The first-order valence-corrected chi connectivity index (χ1v) is 3.61. The molecule has 0 radical (unpaired) electrons. The van der Waals surface area contributed by atoms with Crippen molar-refractivity contribution in [2.24, 2.45) is 5.73 Å². The molecule has 1 aliphatic rings. The summed E-state index contributed by atoms with van der Waals surface area (Å²) >= 11 is 0. The molecule has 1 rings (SSSR count). The topological polar surface area (TPSA) is 55.5 Å². The number of halogens is 1. The number of aliphatic hydroxyl groups excluding tert-OH is 1. The van der Waals surface area contributed by atoms with Gasteiger partial charge in [0.1, 0.15) is 0 Å². The second-order valence-corrected chi connectivity index (χ2v) is 3.35. The predicted molar refractivity (Wildman–Crippen MR) is 45.9 cm³/mol. The lowest BCUT2D eigenvalue weighted by Crippen LogP contribution is -2.54. The van der Waals surface area contributed by atoms with Crippen LogP contribution in [0.5, 0.6) is 0 Å². The third kappa shape index (κ3) is 2.30. The average molecular weight is 182 g/mol. The van der Waals surface area contributed by atoms with Gasteiger partial charge in [-0.3, -0.25) is 0 Å². The van der Waals surface area contributed by atoms with Crippen LogP contribution >= 0.6 is 12.4 Å². The monoisotopic (exact) mass is 181 g/mol. The molecule has 4 heteroatoms. The van der Waals surface area contributed by atoms with E-state index in [1.807, 2.05) is 13.8 Å². The van der Waals surface area contributed by atoms with Gasteiger partial charge >= 0.3 is 0 Å². The number of aliphatic hydroxyl groups is 1. The molecule has 3 nitrogen and oxygen atoms in total. The van der Waals surface area contributed by atoms with Crippen LogP contribution in [0.4, 0.5) is 0 Å². The van der Waals surface area contributed by atoms with Gasteiger partial charge in [0.2, 0.25) is 0 Å². The minimum absolute atomic E-state index is 0. The van der Waals surface area contributed by atoms with Crippen LogP contribution in [0.1, 0.15) is 20.3 Å². The fraction of sp³-hybridized carbons (Fsp3) is 1.00. The Morgan fingerprint density at radius 2 is 2.09 bits per heavy atom. The molecule has 0 spiro atoms. The van der Waals surface area contributed by atoms with Crippen molar-refractivity contribution in [2.75, 3.05) is 6.61 Å². The Bertz CT molecular complexity index is 130. The van der Waals surface area contributed by atoms with Gasteiger partial charge in [-0.1, -0.05) is 0 Å². The van der Waals surface area contributed by atoms with Crippen LogP contribution in [0.25, 0.3) is 0 Å². The highest BCUT2D eigenvalue weighted by molar-refractivity contribution is 5.85. The molecular weight excluding hydrogens is 166 g/mol. The molecule has 1 heterocycles. The lowest BCUT2D eigenvalue weighted by Gasteiger charge is -2.38. The molecule has 0 amide bonds.